The molecule has 1 aliphatic rings. The van der Waals surface area contributed by atoms with Crippen LogP contribution in [0.2, 0.25) is 0 Å². The van der Waals surface area contributed by atoms with Gasteiger partial charge in [0, 0.05) is 40.4 Å². The van der Waals surface area contributed by atoms with Crippen LogP contribution in [0.5, 0.6) is 0 Å². The van der Waals surface area contributed by atoms with Gasteiger partial charge in [-0.25, -0.2) is 13.6 Å². The highest BCUT2D eigenvalue weighted by molar-refractivity contribution is 7.22. The highest BCUT2D eigenvalue weighted by Gasteiger charge is 2.49. The van der Waals surface area contributed by atoms with E-state index in [0.29, 0.717) is 15.6 Å². The predicted octanol–water partition coefficient (Wildman–Crippen LogP) is 3.08. The number of aromatic nitrogens is 2. The van der Waals surface area contributed by atoms with Gasteiger partial charge in [0.25, 0.3) is 5.92 Å². The van der Waals surface area contributed by atoms with Crippen LogP contribution in [0.15, 0.2) is 27.7 Å². The number of aromatic amines is 1. The summed E-state index contributed by atoms with van der Waals surface area (Å²) in [5, 5.41) is 16.7. The number of halogens is 2. The van der Waals surface area contributed by atoms with E-state index in [1.807, 2.05) is 0 Å². The lowest BCUT2D eigenvalue weighted by Crippen LogP contribution is -2.42. The van der Waals surface area contributed by atoms with Crippen LogP contribution in [0.1, 0.15) is 24.7 Å². The predicted molar refractivity (Wildman–Crippen MR) is 85.6 cm³/mol. The molecule has 1 unspecified atom stereocenters. The maximum atomic E-state index is 14.2. The van der Waals surface area contributed by atoms with E-state index in [-0.39, 0.29) is 5.76 Å². The molecule has 4 rings (SSSR count). The van der Waals surface area contributed by atoms with E-state index in [0.717, 1.165) is 10.4 Å². The zero-order chi connectivity index (χ0) is 17.1. The third-order valence-electron chi connectivity index (χ3n) is 4.48. The minimum Gasteiger partial charge on any atom is -0.426 e. The van der Waals surface area contributed by atoms with Crippen molar-refractivity contribution >= 4 is 21.4 Å². The van der Waals surface area contributed by atoms with Gasteiger partial charge in [0.2, 0.25) is 0 Å². The quantitative estimate of drug-likeness (QED) is 0.743. The molecule has 0 aliphatic heterocycles. The summed E-state index contributed by atoms with van der Waals surface area (Å²) in [5.41, 5.74) is -0.754. The Morgan fingerprint density at radius 3 is 2.96 bits per heavy atom. The maximum Gasteiger partial charge on any atom is 0.354 e. The van der Waals surface area contributed by atoms with Gasteiger partial charge in [-0.1, -0.05) is 6.92 Å². The number of fused-ring (bicyclic) bond motifs is 3. The van der Waals surface area contributed by atoms with Gasteiger partial charge in [-0.2, -0.15) is 5.10 Å². The number of rotatable bonds is 2. The summed E-state index contributed by atoms with van der Waals surface area (Å²) in [7, 11) is 0. The lowest BCUT2D eigenvalue weighted by Gasteiger charge is -2.36. The number of aliphatic hydroxyl groups is 1. The Bertz CT molecular complexity index is 977. The molecule has 0 radical (unpaired) electrons. The summed E-state index contributed by atoms with van der Waals surface area (Å²) in [6.45, 7) is 0.986. The van der Waals surface area contributed by atoms with E-state index in [1.165, 1.54) is 18.3 Å². The minimum atomic E-state index is -2.96. The SMILES string of the molecule is CC1(CO)CC(F)(F)Cc2c1oc(=O)c1sc(-c3cn[nH]c3)cc21. The Labute approximate surface area is 138 Å². The molecule has 0 fully saturated rings. The molecule has 1 aliphatic carbocycles. The first-order chi connectivity index (χ1) is 11.3. The molecule has 126 valence electrons. The fourth-order valence-electron chi connectivity index (χ4n) is 3.38. The Kier molecular flexibility index (Phi) is 3.20. The third kappa shape index (κ3) is 2.21. The van der Waals surface area contributed by atoms with Gasteiger partial charge in [-0.15, -0.1) is 11.3 Å². The van der Waals surface area contributed by atoms with Crippen LogP contribution in [0.25, 0.3) is 20.5 Å². The Morgan fingerprint density at radius 2 is 2.29 bits per heavy atom. The largest absolute Gasteiger partial charge is 0.426 e. The molecule has 8 heteroatoms. The van der Waals surface area contributed by atoms with Crippen molar-refractivity contribution in [2.75, 3.05) is 6.61 Å². The van der Waals surface area contributed by atoms with Gasteiger partial charge in [0.15, 0.2) is 0 Å². The van der Waals surface area contributed by atoms with Gasteiger partial charge in [0.1, 0.15) is 10.5 Å². The molecule has 2 N–H and O–H groups in total. The van der Waals surface area contributed by atoms with Crippen molar-refractivity contribution in [1.29, 1.82) is 0 Å². The second-order valence-electron chi connectivity index (χ2n) is 6.47. The van der Waals surface area contributed by atoms with Crippen LogP contribution in [0.3, 0.4) is 0 Å². The topological polar surface area (TPSA) is 79.1 Å². The van der Waals surface area contributed by atoms with Crippen molar-refractivity contribution in [3.05, 3.63) is 40.2 Å². The molecule has 1 atom stereocenters. The van der Waals surface area contributed by atoms with Crippen LogP contribution in [0.4, 0.5) is 8.78 Å². The van der Waals surface area contributed by atoms with Crippen molar-refractivity contribution in [3.8, 4) is 10.4 Å². The summed E-state index contributed by atoms with van der Waals surface area (Å²) in [6, 6.07) is 1.72. The van der Waals surface area contributed by atoms with Gasteiger partial charge in [-0.05, 0) is 6.07 Å². The van der Waals surface area contributed by atoms with Crippen LogP contribution in [-0.4, -0.2) is 27.8 Å². The van der Waals surface area contributed by atoms with Crippen molar-refractivity contribution < 1.29 is 18.3 Å². The Morgan fingerprint density at radius 1 is 1.50 bits per heavy atom. The lowest BCUT2D eigenvalue weighted by atomic mass is 9.73. The number of nitrogens with zero attached hydrogens (tertiary/aromatic N) is 1. The zero-order valence-corrected chi connectivity index (χ0v) is 13.5. The lowest BCUT2D eigenvalue weighted by molar-refractivity contribution is -0.0507. The number of nitrogens with one attached hydrogen (secondary N) is 1. The average molecular weight is 352 g/mol. The van der Waals surface area contributed by atoms with E-state index in [2.05, 4.69) is 10.2 Å². The molecule has 0 amide bonds. The molecule has 0 bridgehead atoms. The van der Waals surface area contributed by atoms with E-state index in [1.54, 1.807) is 18.5 Å². The highest BCUT2D eigenvalue weighted by Crippen LogP contribution is 2.47. The van der Waals surface area contributed by atoms with E-state index < -0.39 is 36.4 Å². The van der Waals surface area contributed by atoms with E-state index in [4.69, 9.17) is 4.42 Å². The maximum absolute atomic E-state index is 14.2. The second kappa shape index (κ2) is 4.97. The molecular formula is C16H14F2N2O3S. The molecule has 0 saturated heterocycles. The van der Waals surface area contributed by atoms with Gasteiger partial charge in [-0.3, -0.25) is 5.10 Å². The standard InChI is InChI=1S/C16H14F2N2O3S/c1-15(7-21)6-16(17,18)3-10-9-2-11(8-4-19-20-5-8)24-12(9)14(22)23-13(10)15/h2,4-5,21H,3,6-7H2,1H3,(H,19,20). The third-order valence-corrected chi connectivity index (χ3v) is 5.64. The Hall–Kier alpha value is -2.06. The van der Waals surface area contributed by atoms with E-state index >= 15 is 0 Å². The molecular weight excluding hydrogens is 338 g/mol. The number of alkyl halides is 2. The summed E-state index contributed by atoms with van der Waals surface area (Å²) in [4.78, 5) is 13.1. The van der Waals surface area contributed by atoms with Crippen molar-refractivity contribution in [3.63, 3.8) is 0 Å². The van der Waals surface area contributed by atoms with Gasteiger partial charge < -0.3 is 9.52 Å². The molecule has 3 heterocycles. The molecule has 3 aromatic heterocycles. The minimum absolute atomic E-state index is 0.171. The highest BCUT2D eigenvalue weighted by atomic mass is 32.1. The number of H-pyrrole nitrogens is 1. The van der Waals surface area contributed by atoms with Crippen molar-refractivity contribution in [2.24, 2.45) is 0 Å². The molecule has 0 saturated carbocycles. The van der Waals surface area contributed by atoms with Crippen LogP contribution >= 0.6 is 11.3 Å². The Balaban J connectivity index is 2.03. The molecule has 0 aromatic carbocycles. The summed E-state index contributed by atoms with van der Waals surface area (Å²) in [6.07, 6.45) is 2.23. The zero-order valence-electron chi connectivity index (χ0n) is 12.7. The van der Waals surface area contributed by atoms with Gasteiger partial charge in [0.05, 0.1) is 18.2 Å². The first-order valence-electron chi connectivity index (χ1n) is 7.41. The summed E-state index contributed by atoms with van der Waals surface area (Å²) in [5.74, 6) is -2.79. The molecule has 0 spiro atoms. The second-order valence-corrected chi connectivity index (χ2v) is 7.52. The normalized spacial score (nSPS) is 22.7. The van der Waals surface area contributed by atoms with Gasteiger partial charge >= 0.3 is 5.63 Å². The first-order valence-corrected chi connectivity index (χ1v) is 8.22. The summed E-state index contributed by atoms with van der Waals surface area (Å²) < 4.78 is 34.2. The fourth-order valence-corrected chi connectivity index (χ4v) is 4.42. The number of hydrogen-bond donors (Lipinski definition) is 2. The number of hydrogen-bond acceptors (Lipinski definition) is 5. The first kappa shape index (κ1) is 15.5. The van der Waals surface area contributed by atoms with E-state index in [9.17, 15) is 18.7 Å². The summed E-state index contributed by atoms with van der Waals surface area (Å²) >= 11 is 1.19. The number of thiophene rings is 1. The average Bonchev–Trinajstić information content (AvgIpc) is 3.16. The monoisotopic (exact) mass is 352 g/mol. The van der Waals surface area contributed by atoms with Crippen molar-refractivity contribution in [1.82, 2.24) is 10.2 Å². The van der Waals surface area contributed by atoms with Crippen LogP contribution in [0, 0.1) is 0 Å². The van der Waals surface area contributed by atoms with Crippen LogP contribution in [-0.2, 0) is 11.8 Å². The van der Waals surface area contributed by atoms with Crippen molar-refractivity contribution in [2.45, 2.75) is 31.1 Å². The smallest absolute Gasteiger partial charge is 0.354 e. The molecule has 24 heavy (non-hydrogen) atoms. The van der Waals surface area contributed by atoms with Crippen LogP contribution < -0.4 is 5.63 Å². The number of aliphatic hydroxyl groups excluding tert-OH is 1. The molecule has 3 aromatic rings. The fraction of sp³-hybridized carbons (Fsp3) is 0.375. The molecule has 5 nitrogen and oxygen atoms in total.